The molecule has 25 heavy (non-hydrogen) atoms. The van der Waals surface area contributed by atoms with E-state index in [0.717, 1.165) is 12.1 Å². The van der Waals surface area contributed by atoms with Gasteiger partial charge in [0.15, 0.2) is 0 Å². The Hall–Kier alpha value is -2.67. The molecule has 3 rings (SSSR count). The number of fused-ring (bicyclic) bond motifs is 1. The van der Waals surface area contributed by atoms with Crippen LogP contribution < -0.4 is 10.1 Å². The number of carbonyl (C=O) groups is 1. The Morgan fingerprint density at radius 1 is 1.20 bits per heavy atom. The quantitative estimate of drug-likeness (QED) is 0.675. The first kappa shape index (κ1) is 17.2. The first-order valence-corrected chi connectivity index (χ1v) is 7.50. The van der Waals surface area contributed by atoms with Crippen molar-refractivity contribution in [3.05, 3.63) is 58.7 Å². The average Bonchev–Trinajstić information content (AvgIpc) is 2.98. The summed E-state index contributed by atoms with van der Waals surface area (Å²) in [7, 11) is 1.51. The summed E-state index contributed by atoms with van der Waals surface area (Å²) >= 11 is 5.64. The lowest BCUT2D eigenvalue weighted by Gasteiger charge is -2.14. The van der Waals surface area contributed by atoms with Gasteiger partial charge in [0.25, 0.3) is 5.91 Å². The van der Waals surface area contributed by atoms with Crippen LogP contribution in [0.1, 0.15) is 15.9 Å². The topological polar surface area (TPSA) is 54.1 Å². The molecule has 1 heterocycles. The van der Waals surface area contributed by atoms with Crippen LogP contribution in [0.4, 0.5) is 18.9 Å². The maximum absolute atomic E-state index is 13.1. The van der Waals surface area contributed by atoms with Crippen LogP contribution in [0.25, 0.3) is 10.9 Å². The van der Waals surface area contributed by atoms with Crippen molar-refractivity contribution < 1.29 is 22.7 Å². The molecule has 8 heteroatoms. The molecule has 0 atom stereocenters. The summed E-state index contributed by atoms with van der Waals surface area (Å²) in [5.41, 5.74) is -0.503. The number of nitrogens with one attached hydrogen (secondary N) is 2. The monoisotopic (exact) mass is 368 g/mol. The number of carbonyl (C=O) groups excluding carboxylic acids is 1. The summed E-state index contributed by atoms with van der Waals surface area (Å²) in [6.07, 6.45) is -3.20. The maximum Gasteiger partial charge on any atom is 0.418 e. The van der Waals surface area contributed by atoms with E-state index >= 15 is 0 Å². The summed E-state index contributed by atoms with van der Waals surface area (Å²) in [5.74, 6) is -0.0670. The van der Waals surface area contributed by atoms with E-state index in [1.54, 1.807) is 18.2 Å². The van der Waals surface area contributed by atoms with E-state index in [9.17, 15) is 18.0 Å². The van der Waals surface area contributed by atoms with Gasteiger partial charge in [0, 0.05) is 28.2 Å². The highest BCUT2D eigenvalue weighted by atomic mass is 35.5. The van der Waals surface area contributed by atoms with E-state index in [4.69, 9.17) is 16.3 Å². The molecule has 0 bridgehead atoms. The highest BCUT2D eigenvalue weighted by Crippen LogP contribution is 2.37. The molecule has 1 amide bonds. The lowest BCUT2D eigenvalue weighted by molar-refractivity contribution is -0.136. The first-order chi connectivity index (χ1) is 11.8. The van der Waals surface area contributed by atoms with Gasteiger partial charge in [-0.25, -0.2) is 0 Å². The number of rotatable bonds is 3. The second kappa shape index (κ2) is 6.33. The molecule has 0 saturated heterocycles. The molecule has 0 radical (unpaired) electrons. The van der Waals surface area contributed by atoms with Gasteiger partial charge in [0.1, 0.15) is 5.75 Å². The third kappa shape index (κ3) is 3.41. The number of aromatic amines is 1. The SMILES string of the molecule is COc1ccc2c(C(=O)Nc3ccc(Cl)cc3C(F)(F)F)c[nH]c2c1. The Balaban J connectivity index is 1.96. The van der Waals surface area contributed by atoms with E-state index in [0.29, 0.717) is 16.7 Å². The van der Waals surface area contributed by atoms with Crippen molar-refractivity contribution in [2.45, 2.75) is 6.18 Å². The van der Waals surface area contributed by atoms with Crippen LogP contribution in [0.5, 0.6) is 5.75 Å². The number of methoxy groups -OCH3 is 1. The molecule has 4 nitrogen and oxygen atoms in total. The summed E-state index contributed by atoms with van der Waals surface area (Å²) in [5, 5.41) is 2.80. The van der Waals surface area contributed by atoms with E-state index < -0.39 is 17.6 Å². The highest BCUT2D eigenvalue weighted by Gasteiger charge is 2.34. The lowest BCUT2D eigenvalue weighted by Crippen LogP contribution is -2.16. The molecule has 0 spiro atoms. The second-order valence-corrected chi connectivity index (χ2v) is 5.69. The zero-order chi connectivity index (χ0) is 18.2. The van der Waals surface area contributed by atoms with E-state index in [2.05, 4.69) is 10.3 Å². The molecular formula is C17H12ClF3N2O2. The van der Waals surface area contributed by atoms with E-state index in [1.807, 2.05) is 0 Å². The third-order valence-corrected chi connectivity index (χ3v) is 3.90. The molecule has 0 fully saturated rings. The number of anilines is 1. The van der Waals surface area contributed by atoms with Gasteiger partial charge in [-0.3, -0.25) is 4.79 Å². The van der Waals surface area contributed by atoms with Crippen LogP contribution in [0.2, 0.25) is 5.02 Å². The van der Waals surface area contributed by atoms with Crippen LogP contribution in [-0.4, -0.2) is 18.0 Å². The van der Waals surface area contributed by atoms with Crippen LogP contribution in [-0.2, 0) is 6.18 Å². The van der Waals surface area contributed by atoms with Crippen molar-refractivity contribution in [2.24, 2.45) is 0 Å². The van der Waals surface area contributed by atoms with Crippen molar-refractivity contribution in [3.8, 4) is 5.75 Å². The van der Waals surface area contributed by atoms with Crippen molar-refractivity contribution in [1.82, 2.24) is 4.98 Å². The van der Waals surface area contributed by atoms with Crippen molar-refractivity contribution in [2.75, 3.05) is 12.4 Å². The van der Waals surface area contributed by atoms with Crippen LogP contribution >= 0.6 is 11.6 Å². The Morgan fingerprint density at radius 3 is 2.64 bits per heavy atom. The van der Waals surface area contributed by atoms with E-state index in [1.165, 1.54) is 19.4 Å². The molecule has 0 aliphatic rings. The molecule has 1 aromatic heterocycles. The first-order valence-electron chi connectivity index (χ1n) is 7.13. The van der Waals surface area contributed by atoms with Gasteiger partial charge in [-0.05, 0) is 30.3 Å². The van der Waals surface area contributed by atoms with Gasteiger partial charge in [-0.1, -0.05) is 11.6 Å². The number of alkyl halides is 3. The van der Waals surface area contributed by atoms with Crippen molar-refractivity contribution >= 4 is 34.1 Å². The second-order valence-electron chi connectivity index (χ2n) is 5.26. The lowest BCUT2D eigenvalue weighted by atomic mass is 10.1. The smallest absolute Gasteiger partial charge is 0.418 e. The summed E-state index contributed by atoms with van der Waals surface area (Å²) in [6.45, 7) is 0. The van der Waals surface area contributed by atoms with Crippen molar-refractivity contribution in [1.29, 1.82) is 0 Å². The summed E-state index contributed by atoms with van der Waals surface area (Å²) in [4.78, 5) is 15.3. The zero-order valence-electron chi connectivity index (χ0n) is 12.9. The Labute approximate surface area is 145 Å². The molecule has 0 aliphatic carbocycles. The largest absolute Gasteiger partial charge is 0.497 e. The van der Waals surface area contributed by atoms with Crippen molar-refractivity contribution in [3.63, 3.8) is 0 Å². The molecule has 2 aromatic carbocycles. The number of amides is 1. The molecule has 130 valence electrons. The number of hydrogen-bond acceptors (Lipinski definition) is 2. The van der Waals surface area contributed by atoms with Crippen LogP contribution in [0.3, 0.4) is 0 Å². The number of hydrogen-bond donors (Lipinski definition) is 2. The molecular weight excluding hydrogens is 357 g/mol. The minimum Gasteiger partial charge on any atom is -0.497 e. The van der Waals surface area contributed by atoms with Gasteiger partial charge >= 0.3 is 6.18 Å². The van der Waals surface area contributed by atoms with Gasteiger partial charge in [0.05, 0.1) is 23.9 Å². The predicted octanol–water partition coefficient (Wildman–Crippen LogP) is 5.10. The molecule has 2 N–H and O–H groups in total. The molecule has 0 saturated carbocycles. The van der Waals surface area contributed by atoms with Crippen LogP contribution in [0, 0.1) is 0 Å². The number of H-pyrrole nitrogens is 1. The fourth-order valence-corrected chi connectivity index (χ4v) is 2.64. The number of benzene rings is 2. The summed E-state index contributed by atoms with van der Waals surface area (Å²) < 4.78 is 44.5. The minimum atomic E-state index is -4.64. The standard InChI is InChI=1S/C17H12ClF3N2O2/c1-25-10-3-4-11-12(8-22-15(11)7-10)16(24)23-14-5-2-9(18)6-13(14)17(19,20)21/h2-8,22H,1H3,(H,23,24). The Bertz CT molecular complexity index is 951. The maximum atomic E-state index is 13.1. The minimum absolute atomic E-state index is 0.0653. The number of halogens is 4. The predicted molar refractivity (Wildman–Crippen MR) is 89.3 cm³/mol. The number of ether oxygens (including phenoxy) is 1. The number of aromatic nitrogens is 1. The van der Waals surface area contributed by atoms with Gasteiger partial charge in [-0.2, -0.15) is 13.2 Å². The average molecular weight is 369 g/mol. The third-order valence-electron chi connectivity index (χ3n) is 3.67. The highest BCUT2D eigenvalue weighted by molar-refractivity contribution is 6.30. The fraction of sp³-hybridized carbons (Fsp3) is 0.118. The summed E-state index contributed by atoms with van der Waals surface area (Å²) in [6, 6.07) is 8.20. The Kier molecular flexibility index (Phi) is 4.34. The zero-order valence-corrected chi connectivity index (χ0v) is 13.6. The van der Waals surface area contributed by atoms with E-state index in [-0.39, 0.29) is 16.3 Å². The van der Waals surface area contributed by atoms with Gasteiger partial charge in [0.2, 0.25) is 0 Å². The Morgan fingerprint density at radius 2 is 1.96 bits per heavy atom. The molecule has 0 unspecified atom stereocenters. The normalized spacial score (nSPS) is 11.6. The van der Waals surface area contributed by atoms with Crippen LogP contribution in [0.15, 0.2) is 42.6 Å². The van der Waals surface area contributed by atoms with Gasteiger partial charge in [-0.15, -0.1) is 0 Å². The van der Waals surface area contributed by atoms with Gasteiger partial charge < -0.3 is 15.0 Å². The molecule has 3 aromatic rings. The molecule has 0 aliphatic heterocycles. The fourth-order valence-electron chi connectivity index (χ4n) is 2.47.